The molecule has 0 saturated carbocycles. The van der Waals surface area contributed by atoms with E-state index in [1.807, 2.05) is 18.2 Å². The first-order chi connectivity index (χ1) is 10.2. The van der Waals surface area contributed by atoms with Crippen LogP contribution in [-0.2, 0) is 11.3 Å². The van der Waals surface area contributed by atoms with Crippen molar-refractivity contribution in [2.75, 3.05) is 12.8 Å². The van der Waals surface area contributed by atoms with Crippen molar-refractivity contribution < 1.29 is 9.53 Å². The summed E-state index contributed by atoms with van der Waals surface area (Å²) in [6.45, 7) is 0.416. The van der Waals surface area contributed by atoms with Crippen LogP contribution in [0.4, 0.5) is 5.69 Å². The summed E-state index contributed by atoms with van der Waals surface area (Å²) in [5, 5.41) is 2.79. The number of nitrogens with zero attached hydrogens (tertiary/aromatic N) is 1. The van der Waals surface area contributed by atoms with Crippen molar-refractivity contribution >= 4 is 17.7 Å². The second kappa shape index (κ2) is 7.09. The molecule has 0 saturated heterocycles. The highest BCUT2D eigenvalue weighted by atomic mass is 16.5. The molecule has 0 radical (unpaired) electrons. The molecule has 3 N–H and O–H groups in total. The predicted octanol–water partition coefficient (Wildman–Crippen LogP) is 2.00. The third-order valence-corrected chi connectivity index (χ3v) is 2.81. The summed E-state index contributed by atoms with van der Waals surface area (Å²) >= 11 is 0. The van der Waals surface area contributed by atoms with Crippen molar-refractivity contribution in [2.24, 2.45) is 0 Å². The summed E-state index contributed by atoms with van der Waals surface area (Å²) in [4.78, 5) is 15.8. The van der Waals surface area contributed by atoms with Crippen molar-refractivity contribution in [3.05, 3.63) is 59.8 Å². The summed E-state index contributed by atoms with van der Waals surface area (Å²) in [6, 6.07) is 10.9. The molecule has 0 spiro atoms. The number of nitrogens with two attached hydrogens (primary N) is 1. The quantitative estimate of drug-likeness (QED) is 0.650. The lowest BCUT2D eigenvalue weighted by atomic mass is 10.2. The van der Waals surface area contributed by atoms with Gasteiger partial charge < -0.3 is 15.8 Å². The summed E-state index contributed by atoms with van der Waals surface area (Å²) in [5.41, 5.74) is 8.15. The monoisotopic (exact) mass is 283 g/mol. The Morgan fingerprint density at radius 1 is 1.38 bits per heavy atom. The minimum Gasteiger partial charge on any atom is -0.481 e. The van der Waals surface area contributed by atoms with E-state index in [0.29, 0.717) is 18.1 Å². The number of anilines is 1. The Kier molecular flexibility index (Phi) is 4.93. The van der Waals surface area contributed by atoms with E-state index in [2.05, 4.69) is 10.3 Å². The molecule has 0 atom stereocenters. The average Bonchev–Trinajstić information content (AvgIpc) is 2.51. The molecular weight excluding hydrogens is 266 g/mol. The van der Waals surface area contributed by atoms with Gasteiger partial charge in [0.25, 0.3) is 0 Å². The lowest BCUT2D eigenvalue weighted by Gasteiger charge is -2.04. The first-order valence-electron chi connectivity index (χ1n) is 6.48. The molecule has 5 nitrogen and oxygen atoms in total. The van der Waals surface area contributed by atoms with E-state index in [1.54, 1.807) is 37.6 Å². The Morgan fingerprint density at radius 2 is 2.24 bits per heavy atom. The van der Waals surface area contributed by atoms with Crippen LogP contribution in [0.3, 0.4) is 0 Å². The number of pyridine rings is 1. The van der Waals surface area contributed by atoms with Gasteiger partial charge in [0.05, 0.1) is 7.11 Å². The van der Waals surface area contributed by atoms with Crippen LogP contribution in [0, 0.1) is 0 Å². The van der Waals surface area contributed by atoms with E-state index < -0.39 is 0 Å². The number of methoxy groups -OCH3 is 1. The van der Waals surface area contributed by atoms with E-state index in [0.717, 1.165) is 11.1 Å². The maximum atomic E-state index is 11.8. The van der Waals surface area contributed by atoms with Crippen LogP contribution in [0.15, 0.2) is 48.7 Å². The van der Waals surface area contributed by atoms with Crippen LogP contribution < -0.4 is 15.8 Å². The van der Waals surface area contributed by atoms with Crippen molar-refractivity contribution in [3.8, 4) is 5.88 Å². The zero-order valence-corrected chi connectivity index (χ0v) is 11.7. The Morgan fingerprint density at radius 3 is 3.00 bits per heavy atom. The number of aromatic nitrogens is 1. The third kappa shape index (κ3) is 4.65. The first-order valence-corrected chi connectivity index (χ1v) is 6.48. The summed E-state index contributed by atoms with van der Waals surface area (Å²) in [7, 11) is 1.55. The van der Waals surface area contributed by atoms with Gasteiger partial charge in [-0.15, -0.1) is 0 Å². The van der Waals surface area contributed by atoms with E-state index in [1.165, 1.54) is 6.08 Å². The second-order valence-corrected chi connectivity index (χ2v) is 4.43. The summed E-state index contributed by atoms with van der Waals surface area (Å²) < 4.78 is 5.03. The molecule has 1 amide bonds. The zero-order chi connectivity index (χ0) is 15.1. The number of rotatable bonds is 5. The molecule has 0 fully saturated rings. The number of carbonyl (C=O) groups excluding carboxylic acids is 1. The number of nitrogens with one attached hydrogen (secondary N) is 1. The van der Waals surface area contributed by atoms with Gasteiger partial charge in [-0.1, -0.05) is 12.1 Å². The van der Waals surface area contributed by atoms with E-state index in [-0.39, 0.29) is 5.91 Å². The van der Waals surface area contributed by atoms with E-state index in [9.17, 15) is 4.79 Å². The fourth-order valence-electron chi connectivity index (χ4n) is 1.75. The highest BCUT2D eigenvalue weighted by Crippen LogP contribution is 2.09. The Hall–Kier alpha value is -2.82. The Balaban J connectivity index is 1.90. The molecule has 0 unspecified atom stereocenters. The standard InChI is InChI=1S/C16H17N3O2/c1-21-16-10-13(7-8-18-16)11-19-15(20)6-5-12-3-2-4-14(17)9-12/h2-10H,11,17H2,1H3,(H,19,20)/b6-5+. The number of benzene rings is 1. The van der Waals surface area contributed by atoms with Gasteiger partial charge in [-0.05, 0) is 35.4 Å². The molecule has 0 aliphatic heterocycles. The summed E-state index contributed by atoms with van der Waals surface area (Å²) in [6.07, 6.45) is 4.84. The van der Waals surface area contributed by atoms with Crippen molar-refractivity contribution in [3.63, 3.8) is 0 Å². The van der Waals surface area contributed by atoms with Gasteiger partial charge in [0.15, 0.2) is 0 Å². The van der Waals surface area contributed by atoms with Crippen molar-refractivity contribution in [1.82, 2.24) is 10.3 Å². The van der Waals surface area contributed by atoms with Crippen molar-refractivity contribution in [2.45, 2.75) is 6.54 Å². The topological polar surface area (TPSA) is 77.2 Å². The number of amides is 1. The first kappa shape index (κ1) is 14.6. The zero-order valence-electron chi connectivity index (χ0n) is 11.7. The summed E-state index contributed by atoms with van der Waals surface area (Å²) in [5.74, 6) is 0.352. The number of hydrogen-bond acceptors (Lipinski definition) is 4. The van der Waals surface area contributed by atoms with Crippen LogP contribution in [0.1, 0.15) is 11.1 Å². The van der Waals surface area contributed by atoms with Crippen LogP contribution in [0.25, 0.3) is 6.08 Å². The molecule has 2 rings (SSSR count). The SMILES string of the molecule is COc1cc(CNC(=O)/C=C/c2cccc(N)c2)ccn1. The predicted molar refractivity (Wildman–Crippen MR) is 82.5 cm³/mol. The minimum absolute atomic E-state index is 0.173. The molecule has 1 aromatic heterocycles. The Labute approximate surface area is 123 Å². The van der Waals surface area contributed by atoms with Crippen LogP contribution in [0.2, 0.25) is 0 Å². The van der Waals surface area contributed by atoms with Gasteiger partial charge in [-0.25, -0.2) is 4.98 Å². The molecule has 0 aliphatic rings. The highest BCUT2D eigenvalue weighted by Gasteiger charge is 1.99. The highest BCUT2D eigenvalue weighted by molar-refractivity contribution is 5.91. The fourth-order valence-corrected chi connectivity index (χ4v) is 1.75. The molecular formula is C16H17N3O2. The van der Waals surface area contributed by atoms with Gasteiger partial charge in [-0.2, -0.15) is 0 Å². The number of carbonyl (C=O) groups is 1. The molecule has 2 aromatic rings. The fraction of sp³-hybridized carbons (Fsp3) is 0.125. The van der Waals surface area contributed by atoms with Gasteiger partial charge in [-0.3, -0.25) is 4.79 Å². The molecule has 1 heterocycles. The van der Waals surface area contributed by atoms with E-state index >= 15 is 0 Å². The maximum Gasteiger partial charge on any atom is 0.244 e. The van der Waals surface area contributed by atoms with Crippen LogP contribution in [-0.4, -0.2) is 18.0 Å². The number of nitrogen functional groups attached to an aromatic ring is 1. The van der Waals surface area contributed by atoms with Gasteiger partial charge in [0, 0.05) is 30.6 Å². The lowest BCUT2D eigenvalue weighted by Crippen LogP contribution is -2.20. The lowest BCUT2D eigenvalue weighted by molar-refractivity contribution is -0.116. The molecule has 108 valence electrons. The van der Waals surface area contributed by atoms with Gasteiger partial charge in [0.1, 0.15) is 0 Å². The molecule has 0 aliphatic carbocycles. The number of hydrogen-bond donors (Lipinski definition) is 2. The average molecular weight is 283 g/mol. The van der Waals surface area contributed by atoms with Crippen LogP contribution >= 0.6 is 0 Å². The van der Waals surface area contributed by atoms with Crippen LogP contribution in [0.5, 0.6) is 5.88 Å². The normalized spacial score (nSPS) is 10.5. The molecule has 21 heavy (non-hydrogen) atoms. The van der Waals surface area contributed by atoms with E-state index in [4.69, 9.17) is 10.5 Å². The molecule has 0 bridgehead atoms. The number of ether oxygens (including phenoxy) is 1. The minimum atomic E-state index is -0.173. The van der Waals surface area contributed by atoms with Gasteiger partial charge >= 0.3 is 0 Å². The maximum absolute atomic E-state index is 11.8. The molecule has 5 heteroatoms. The molecule has 1 aromatic carbocycles. The smallest absolute Gasteiger partial charge is 0.244 e. The van der Waals surface area contributed by atoms with Crippen molar-refractivity contribution in [1.29, 1.82) is 0 Å². The largest absolute Gasteiger partial charge is 0.481 e. The second-order valence-electron chi connectivity index (χ2n) is 4.43. The third-order valence-electron chi connectivity index (χ3n) is 2.81. The Bertz CT molecular complexity index is 653. The van der Waals surface area contributed by atoms with Gasteiger partial charge in [0.2, 0.25) is 11.8 Å².